The van der Waals surface area contributed by atoms with E-state index in [2.05, 4.69) is 110 Å². The smallest absolute Gasteiger partial charge is 0.410 e. The van der Waals surface area contributed by atoms with Crippen LogP contribution in [0.3, 0.4) is 0 Å². The summed E-state index contributed by atoms with van der Waals surface area (Å²) in [5.41, 5.74) is 6.60. The van der Waals surface area contributed by atoms with Crippen molar-refractivity contribution in [1.82, 2.24) is 19.4 Å². The molecule has 4 aromatic carbocycles. The van der Waals surface area contributed by atoms with E-state index >= 15 is 0 Å². The number of carbonyl (C=O) groups is 2. The van der Waals surface area contributed by atoms with E-state index < -0.39 is 26.5 Å². The Labute approximate surface area is 373 Å². The molecule has 1 amide bonds. The minimum absolute atomic E-state index is 0.0523. The minimum atomic E-state index is -3.07. The number of hydrogen-bond acceptors (Lipinski definition) is 8. The first-order valence-electron chi connectivity index (χ1n) is 22.5. The maximum atomic E-state index is 14.0. The van der Waals surface area contributed by atoms with E-state index in [0.29, 0.717) is 38.1 Å². The van der Waals surface area contributed by atoms with Gasteiger partial charge in [0.15, 0.2) is 0 Å². The Balaban J connectivity index is 0.960. The van der Waals surface area contributed by atoms with Crippen molar-refractivity contribution in [2.75, 3.05) is 50.8 Å². The summed E-state index contributed by atoms with van der Waals surface area (Å²) in [6, 6.07) is 43.9. The van der Waals surface area contributed by atoms with Gasteiger partial charge < -0.3 is 28.6 Å². The lowest BCUT2D eigenvalue weighted by molar-refractivity contribution is -0.157. The molecule has 11 heteroatoms. The molecule has 2 aromatic heterocycles. The van der Waals surface area contributed by atoms with Gasteiger partial charge in [-0.05, 0) is 89.9 Å². The van der Waals surface area contributed by atoms with Crippen LogP contribution in [0.25, 0.3) is 16.6 Å². The molecule has 4 heterocycles. The predicted molar refractivity (Wildman–Crippen MR) is 253 cm³/mol. The van der Waals surface area contributed by atoms with Crippen LogP contribution in [-0.2, 0) is 25.3 Å². The van der Waals surface area contributed by atoms with Gasteiger partial charge in [0.2, 0.25) is 6.10 Å². The van der Waals surface area contributed by atoms with Crippen LogP contribution in [-0.4, -0.2) is 97.8 Å². The third-order valence-corrected chi connectivity index (χ3v) is 17.9. The minimum Gasteiger partial charge on any atom is -0.458 e. The van der Waals surface area contributed by atoms with Crippen LogP contribution in [0.5, 0.6) is 0 Å². The fourth-order valence-electron chi connectivity index (χ4n) is 9.38. The number of ether oxygens (including phenoxy) is 2. The van der Waals surface area contributed by atoms with Gasteiger partial charge in [0.05, 0.1) is 17.8 Å². The molecule has 63 heavy (non-hydrogen) atoms. The highest BCUT2D eigenvalue weighted by Gasteiger charge is 2.51. The number of piperidine rings is 1. The lowest BCUT2D eigenvalue weighted by Gasteiger charge is -2.43. The Morgan fingerprint density at radius 2 is 1.35 bits per heavy atom. The molecule has 0 bridgehead atoms. The number of nitrogens with zero attached hydrogens (tertiary/aromatic N) is 5. The molecule has 0 saturated carbocycles. The summed E-state index contributed by atoms with van der Waals surface area (Å²) < 4.78 is 21.0. The zero-order valence-corrected chi connectivity index (χ0v) is 38.4. The van der Waals surface area contributed by atoms with E-state index in [4.69, 9.17) is 13.9 Å². The maximum absolute atomic E-state index is 14.0. The Morgan fingerprint density at radius 1 is 0.746 bits per heavy atom. The van der Waals surface area contributed by atoms with E-state index in [9.17, 15) is 9.59 Å². The molecule has 2 aliphatic heterocycles. The van der Waals surface area contributed by atoms with Crippen LogP contribution in [0.1, 0.15) is 64.5 Å². The molecular formula is C52H61N5O5Si. The summed E-state index contributed by atoms with van der Waals surface area (Å²) in [5.74, 6) is -0.0403. The molecule has 328 valence electrons. The lowest BCUT2D eigenvalue weighted by atomic mass is 9.88. The largest absolute Gasteiger partial charge is 0.458 e. The van der Waals surface area contributed by atoms with Crippen LogP contribution < -0.4 is 15.3 Å². The number of esters is 1. The number of piperazine rings is 1. The predicted octanol–water partition coefficient (Wildman–Crippen LogP) is 8.54. The third-order valence-electron chi connectivity index (χ3n) is 12.9. The SMILES string of the molecule is CC(C)N1CCC(c2ccc(-c3cc4c(N5CCN(C(=O)OC(CO[Si](c6ccccc6)(c6ccccc6)C(C)(C)C)C(=O)OCc6ccccc6)CC5)ccnn4c3)cc2)CC1. The number of rotatable bonds is 13. The normalized spacial score (nSPS) is 16.0. The standard InChI is InChI=1S/C52H61N5O5Si/c1-39(2)54-29-26-43(27-30-54)41-21-23-42(24-22-41)44-35-48-47(25-28-53-57(48)36-44)55-31-33-56(34-32-55)51(59)62-49(50(58)60-37-40-15-9-6-10-16-40)38-61-63(52(3,4)5,45-17-11-7-12-18-45)46-19-13-8-14-20-46/h6-25,28,35-36,39,43,49H,26-27,29-34,37-38H2,1-5H3. The number of aromatic nitrogens is 2. The van der Waals surface area contributed by atoms with E-state index in [0.717, 1.165) is 51.4 Å². The molecule has 2 fully saturated rings. The lowest BCUT2D eigenvalue weighted by Crippen LogP contribution is -2.67. The van der Waals surface area contributed by atoms with Crippen LogP contribution in [0.2, 0.25) is 5.04 Å². The Kier molecular flexibility index (Phi) is 13.5. The summed E-state index contributed by atoms with van der Waals surface area (Å²) in [7, 11) is -3.07. The van der Waals surface area contributed by atoms with Gasteiger partial charge in [-0.15, -0.1) is 0 Å². The van der Waals surface area contributed by atoms with Crippen molar-refractivity contribution in [1.29, 1.82) is 0 Å². The monoisotopic (exact) mass is 863 g/mol. The van der Waals surface area contributed by atoms with Crippen LogP contribution in [0.15, 0.2) is 140 Å². The highest BCUT2D eigenvalue weighted by Crippen LogP contribution is 2.37. The molecule has 0 radical (unpaired) electrons. The first-order valence-corrected chi connectivity index (χ1v) is 24.4. The molecule has 1 unspecified atom stereocenters. The molecule has 6 aromatic rings. The van der Waals surface area contributed by atoms with Gasteiger partial charge >= 0.3 is 12.1 Å². The number of carbonyl (C=O) groups excluding carboxylic acids is 2. The molecule has 1 atom stereocenters. The number of amides is 1. The summed E-state index contributed by atoms with van der Waals surface area (Å²) in [5, 5.41) is 6.44. The zero-order valence-electron chi connectivity index (χ0n) is 37.4. The van der Waals surface area contributed by atoms with Gasteiger partial charge in [-0.2, -0.15) is 5.10 Å². The number of hydrogen-bond donors (Lipinski definition) is 0. The van der Waals surface area contributed by atoms with Gasteiger partial charge in [-0.1, -0.05) is 136 Å². The van der Waals surface area contributed by atoms with Crippen molar-refractivity contribution < 1.29 is 23.5 Å². The van der Waals surface area contributed by atoms with Crippen molar-refractivity contribution in [3.63, 3.8) is 0 Å². The Morgan fingerprint density at radius 3 is 1.94 bits per heavy atom. The molecule has 0 aliphatic carbocycles. The van der Waals surface area contributed by atoms with Gasteiger partial charge in [-0.25, -0.2) is 14.1 Å². The van der Waals surface area contributed by atoms with Crippen molar-refractivity contribution >= 4 is 42.0 Å². The van der Waals surface area contributed by atoms with E-state index in [-0.39, 0.29) is 18.3 Å². The fraction of sp³-hybridized carbons (Fsp3) is 0.365. The second-order valence-corrected chi connectivity index (χ2v) is 22.5. The van der Waals surface area contributed by atoms with Crippen LogP contribution in [0, 0.1) is 0 Å². The van der Waals surface area contributed by atoms with Gasteiger partial charge in [-0.3, -0.25) is 0 Å². The van der Waals surface area contributed by atoms with Crippen molar-refractivity contribution in [3.8, 4) is 11.1 Å². The second kappa shape index (κ2) is 19.3. The van der Waals surface area contributed by atoms with Crippen molar-refractivity contribution in [3.05, 3.63) is 151 Å². The average Bonchev–Trinajstić information content (AvgIpc) is 3.76. The molecule has 8 rings (SSSR count). The number of anilines is 1. The molecule has 10 nitrogen and oxygen atoms in total. The molecule has 0 spiro atoms. The molecule has 2 aliphatic rings. The maximum Gasteiger partial charge on any atom is 0.410 e. The van der Waals surface area contributed by atoms with Gasteiger partial charge in [0.1, 0.15) is 6.61 Å². The number of benzene rings is 4. The summed E-state index contributed by atoms with van der Waals surface area (Å²) >= 11 is 0. The summed E-state index contributed by atoms with van der Waals surface area (Å²) in [6.45, 7) is 15.3. The number of fused-ring (bicyclic) bond motifs is 1. The van der Waals surface area contributed by atoms with E-state index in [1.807, 2.05) is 83.5 Å². The highest BCUT2D eigenvalue weighted by molar-refractivity contribution is 6.99. The van der Waals surface area contributed by atoms with Crippen molar-refractivity contribution in [2.24, 2.45) is 0 Å². The van der Waals surface area contributed by atoms with Crippen molar-refractivity contribution in [2.45, 2.75) is 77.2 Å². The molecule has 2 saturated heterocycles. The highest BCUT2D eigenvalue weighted by atomic mass is 28.4. The zero-order chi connectivity index (χ0) is 44.0. The van der Waals surface area contributed by atoms with Crippen LogP contribution >= 0.6 is 0 Å². The van der Waals surface area contributed by atoms with E-state index in [1.54, 1.807) is 4.90 Å². The Bertz CT molecular complexity index is 2380. The van der Waals surface area contributed by atoms with E-state index in [1.165, 1.54) is 18.4 Å². The average molecular weight is 864 g/mol. The van der Waals surface area contributed by atoms with Gasteiger partial charge in [0.25, 0.3) is 8.32 Å². The first-order chi connectivity index (χ1) is 30.5. The summed E-state index contributed by atoms with van der Waals surface area (Å²) in [4.78, 5) is 34.5. The topological polar surface area (TPSA) is 88.8 Å². The quantitative estimate of drug-likeness (QED) is 0.0844. The second-order valence-electron chi connectivity index (χ2n) is 18.2. The Hall–Kier alpha value is -5.75. The fourth-order valence-corrected chi connectivity index (χ4v) is 13.9. The first kappa shape index (κ1) is 43.9. The van der Waals surface area contributed by atoms with Gasteiger partial charge in [0, 0.05) is 50.2 Å². The molecular weight excluding hydrogens is 803 g/mol. The van der Waals surface area contributed by atoms with Crippen LogP contribution in [0.4, 0.5) is 10.5 Å². The summed E-state index contributed by atoms with van der Waals surface area (Å²) in [6.07, 6.45) is 4.47. The third kappa shape index (κ3) is 9.76. The molecule has 0 N–H and O–H groups in total. The number of likely N-dealkylation sites (tertiary alicyclic amines) is 1.